The Morgan fingerprint density at radius 1 is 1.30 bits per heavy atom. The van der Waals surface area contributed by atoms with Crippen molar-refractivity contribution in [2.75, 3.05) is 32.1 Å². The lowest BCUT2D eigenvalue weighted by atomic mass is 10.0. The second-order valence-electron chi connectivity index (χ2n) is 7.63. The number of rotatable bonds is 5. The van der Waals surface area contributed by atoms with Crippen LogP contribution >= 0.6 is 0 Å². The summed E-state index contributed by atoms with van der Waals surface area (Å²) in [5.74, 6) is 0.688. The van der Waals surface area contributed by atoms with Crippen LogP contribution in [0.4, 0.5) is 5.82 Å². The van der Waals surface area contributed by atoms with Gasteiger partial charge in [-0.2, -0.15) is 0 Å². The number of nitrogens with one attached hydrogen (secondary N) is 1. The van der Waals surface area contributed by atoms with Crippen LogP contribution in [0, 0.1) is 0 Å². The van der Waals surface area contributed by atoms with E-state index in [0.717, 1.165) is 44.0 Å². The van der Waals surface area contributed by atoms with Gasteiger partial charge in [-0.15, -0.1) is 0 Å². The van der Waals surface area contributed by atoms with Gasteiger partial charge < -0.3 is 10.2 Å². The molecule has 27 heavy (non-hydrogen) atoms. The lowest BCUT2D eigenvalue weighted by Gasteiger charge is -2.19. The van der Waals surface area contributed by atoms with Crippen molar-refractivity contribution in [1.29, 1.82) is 0 Å². The van der Waals surface area contributed by atoms with Crippen LogP contribution in [0.2, 0.25) is 0 Å². The van der Waals surface area contributed by atoms with Gasteiger partial charge >= 0.3 is 0 Å². The molecule has 0 radical (unpaired) electrons. The van der Waals surface area contributed by atoms with Crippen molar-refractivity contribution in [1.82, 2.24) is 20.2 Å². The summed E-state index contributed by atoms with van der Waals surface area (Å²) in [7, 11) is 3.87. The van der Waals surface area contributed by atoms with E-state index in [1.54, 1.807) is 6.20 Å². The zero-order valence-corrected chi connectivity index (χ0v) is 16.7. The molecule has 0 bridgehead atoms. The van der Waals surface area contributed by atoms with Gasteiger partial charge in [0.05, 0.1) is 5.56 Å². The van der Waals surface area contributed by atoms with E-state index in [4.69, 9.17) is 4.98 Å². The third-order valence-electron chi connectivity index (χ3n) is 4.75. The second kappa shape index (κ2) is 8.48. The summed E-state index contributed by atoms with van der Waals surface area (Å²) in [6, 6.07) is 6.23. The number of aromatic nitrogens is 2. The van der Waals surface area contributed by atoms with E-state index in [9.17, 15) is 4.79 Å². The first-order valence-corrected chi connectivity index (χ1v) is 9.56. The smallest absolute Gasteiger partial charge is 0.255 e. The van der Waals surface area contributed by atoms with Crippen LogP contribution in [0.15, 0.2) is 30.6 Å². The first-order chi connectivity index (χ1) is 12.9. The number of hydrogen-bond acceptors (Lipinski definition) is 5. The minimum Gasteiger partial charge on any atom is -0.362 e. The molecule has 1 aliphatic heterocycles. The van der Waals surface area contributed by atoms with E-state index >= 15 is 0 Å². The van der Waals surface area contributed by atoms with Crippen molar-refractivity contribution < 1.29 is 4.79 Å². The molecule has 1 aliphatic rings. The molecular formula is C21H29N5O. The number of carbonyl (C=O) groups is 1. The molecule has 1 amide bonds. The Bertz CT molecular complexity index is 789. The largest absolute Gasteiger partial charge is 0.362 e. The first kappa shape index (κ1) is 19.3. The van der Waals surface area contributed by atoms with Crippen LogP contribution in [0.1, 0.15) is 41.0 Å². The van der Waals surface area contributed by atoms with Crippen molar-refractivity contribution >= 4 is 11.7 Å². The molecule has 2 aromatic heterocycles. The summed E-state index contributed by atoms with van der Waals surface area (Å²) in [6.07, 6.45) is 5.52. The molecular weight excluding hydrogens is 338 g/mol. The van der Waals surface area contributed by atoms with Crippen molar-refractivity contribution in [3.63, 3.8) is 0 Å². The first-order valence-electron chi connectivity index (χ1n) is 9.56. The zero-order valence-electron chi connectivity index (χ0n) is 16.7. The summed E-state index contributed by atoms with van der Waals surface area (Å²) in [6.45, 7) is 6.75. The van der Waals surface area contributed by atoms with Crippen molar-refractivity contribution in [2.24, 2.45) is 0 Å². The highest BCUT2D eigenvalue weighted by molar-refractivity contribution is 5.99. The van der Waals surface area contributed by atoms with E-state index in [0.29, 0.717) is 5.56 Å². The fourth-order valence-electron chi connectivity index (χ4n) is 3.43. The third kappa shape index (κ3) is 4.83. The van der Waals surface area contributed by atoms with Crippen LogP contribution in [0.25, 0.3) is 0 Å². The quantitative estimate of drug-likeness (QED) is 0.879. The molecule has 0 saturated heterocycles. The van der Waals surface area contributed by atoms with Crippen molar-refractivity contribution in [3.05, 3.63) is 53.0 Å². The molecule has 0 atom stereocenters. The van der Waals surface area contributed by atoms with E-state index in [1.807, 2.05) is 51.2 Å². The minimum atomic E-state index is -0.0551. The lowest BCUT2D eigenvalue weighted by Crippen LogP contribution is -2.32. The fourth-order valence-corrected chi connectivity index (χ4v) is 3.43. The van der Waals surface area contributed by atoms with E-state index in [1.165, 1.54) is 11.1 Å². The predicted octanol–water partition coefficient (Wildman–Crippen LogP) is 2.28. The maximum atomic E-state index is 12.7. The van der Waals surface area contributed by atoms with E-state index in [-0.39, 0.29) is 11.9 Å². The highest BCUT2D eigenvalue weighted by Crippen LogP contribution is 2.24. The number of anilines is 1. The molecule has 0 fully saturated rings. The van der Waals surface area contributed by atoms with Gasteiger partial charge in [0.25, 0.3) is 5.91 Å². The molecule has 144 valence electrons. The molecule has 1 N–H and O–H groups in total. The highest BCUT2D eigenvalue weighted by Gasteiger charge is 2.22. The SMILES string of the molecule is CC(C)NC(=O)c1cc2c(nc1N(C)C)CCN(Cc1cccnc1)CC2. The standard InChI is InChI=1S/C21H29N5O/c1-15(2)23-21(27)18-12-17-7-10-26(14-16-6-5-9-22-13-16)11-8-19(17)24-20(18)25(3)4/h5-6,9,12-13,15H,7-8,10-11,14H2,1-4H3,(H,23,27). The molecule has 0 spiro atoms. The Kier molecular flexibility index (Phi) is 6.06. The Morgan fingerprint density at radius 2 is 2.07 bits per heavy atom. The molecule has 3 rings (SSSR count). The maximum Gasteiger partial charge on any atom is 0.255 e. The molecule has 6 nitrogen and oxygen atoms in total. The molecule has 0 aliphatic carbocycles. The highest BCUT2D eigenvalue weighted by atomic mass is 16.1. The number of amides is 1. The zero-order chi connectivity index (χ0) is 19.4. The van der Waals surface area contributed by atoms with Gasteiger partial charge in [-0.3, -0.25) is 14.7 Å². The van der Waals surface area contributed by atoms with Gasteiger partial charge in [-0.1, -0.05) is 6.07 Å². The third-order valence-corrected chi connectivity index (χ3v) is 4.75. The maximum absolute atomic E-state index is 12.7. The minimum absolute atomic E-state index is 0.0551. The van der Waals surface area contributed by atoms with Crippen LogP contribution < -0.4 is 10.2 Å². The van der Waals surface area contributed by atoms with Gasteiger partial charge in [0, 0.05) is 64.3 Å². The number of pyridine rings is 2. The monoisotopic (exact) mass is 367 g/mol. The Morgan fingerprint density at radius 3 is 2.74 bits per heavy atom. The average molecular weight is 367 g/mol. The summed E-state index contributed by atoms with van der Waals surface area (Å²) >= 11 is 0. The van der Waals surface area contributed by atoms with Crippen LogP contribution in [-0.2, 0) is 19.4 Å². The Labute approximate surface area is 161 Å². The van der Waals surface area contributed by atoms with E-state index < -0.39 is 0 Å². The van der Waals surface area contributed by atoms with Gasteiger partial charge in [0.1, 0.15) is 5.82 Å². The fraction of sp³-hybridized carbons (Fsp3) is 0.476. The van der Waals surface area contributed by atoms with Crippen LogP contribution in [0.3, 0.4) is 0 Å². The van der Waals surface area contributed by atoms with Crippen molar-refractivity contribution in [3.8, 4) is 0 Å². The predicted molar refractivity (Wildman–Crippen MR) is 108 cm³/mol. The number of nitrogens with zero attached hydrogens (tertiary/aromatic N) is 4. The van der Waals surface area contributed by atoms with Crippen molar-refractivity contribution in [2.45, 2.75) is 39.3 Å². The van der Waals surface area contributed by atoms with E-state index in [2.05, 4.69) is 21.3 Å². The van der Waals surface area contributed by atoms with Crippen LogP contribution in [0.5, 0.6) is 0 Å². The van der Waals surface area contributed by atoms with Gasteiger partial charge in [0.15, 0.2) is 0 Å². The normalized spacial score (nSPS) is 14.6. The van der Waals surface area contributed by atoms with Crippen LogP contribution in [-0.4, -0.2) is 54.0 Å². The number of hydrogen-bond donors (Lipinski definition) is 1. The Hall–Kier alpha value is -2.47. The second-order valence-corrected chi connectivity index (χ2v) is 7.63. The number of fused-ring (bicyclic) bond motifs is 1. The molecule has 0 unspecified atom stereocenters. The summed E-state index contributed by atoms with van der Waals surface area (Å²) in [5.41, 5.74) is 4.17. The summed E-state index contributed by atoms with van der Waals surface area (Å²) in [5, 5.41) is 3.00. The van der Waals surface area contributed by atoms with Gasteiger partial charge in [0.2, 0.25) is 0 Å². The topological polar surface area (TPSA) is 61.4 Å². The number of carbonyl (C=O) groups excluding carboxylic acids is 1. The molecule has 6 heteroatoms. The van der Waals surface area contributed by atoms with Gasteiger partial charge in [-0.25, -0.2) is 4.98 Å². The molecule has 0 aromatic carbocycles. The summed E-state index contributed by atoms with van der Waals surface area (Å²) in [4.78, 5) is 26.1. The Balaban J connectivity index is 1.82. The molecule has 3 heterocycles. The average Bonchev–Trinajstić information content (AvgIpc) is 2.83. The molecule has 0 saturated carbocycles. The van der Waals surface area contributed by atoms with Gasteiger partial charge in [-0.05, 0) is 43.5 Å². The molecule has 2 aromatic rings. The summed E-state index contributed by atoms with van der Waals surface area (Å²) < 4.78 is 0. The lowest BCUT2D eigenvalue weighted by molar-refractivity contribution is 0.0943.